The van der Waals surface area contributed by atoms with Crippen molar-refractivity contribution in [1.29, 1.82) is 0 Å². The van der Waals surface area contributed by atoms with Gasteiger partial charge in [-0.25, -0.2) is 4.39 Å². The molecular weight excluding hydrogens is 277 g/mol. The zero-order valence-electron chi connectivity index (χ0n) is 11.1. The molecule has 0 bridgehead atoms. The maximum Gasteiger partial charge on any atom is 0.238 e. The Bertz CT molecular complexity index is 670. The number of hydrogen-bond acceptors (Lipinski definition) is 3. The molecule has 0 radical (unpaired) electrons. The third kappa shape index (κ3) is 2.20. The van der Waals surface area contributed by atoms with Crippen molar-refractivity contribution in [2.24, 2.45) is 0 Å². The second-order valence-electron chi connectivity index (χ2n) is 4.81. The Morgan fingerprint density at radius 1 is 1.40 bits per heavy atom. The number of hydrogen-bond donors (Lipinski definition) is 2. The number of aromatic amines is 1. The largest absolute Gasteiger partial charge is 0.308 e. The number of nitrogens with one attached hydrogen (secondary N) is 2. The smallest absolute Gasteiger partial charge is 0.238 e. The van der Waals surface area contributed by atoms with Gasteiger partial charge in [-0.2, -0.15) is 5.10 Å². The SMILES string of the molecule is Cc1[nH]nc2c1[C@H](c1cccc(F)c1)S[C@@H](C)C(=O)N2. The first-order valence-electron chi connectivity index (χ1n) is 6.33. The number of carbonyl (C=O) groups is 1. The number of nitrogens with zero attached hydrogens (tertiary/aromatic N) is 1. The molecule has 6 heteroatoms. The van der Waals surface area contributed by atoms with Gasteiger partial charge in [-0.05, 0) is 31.5 Å². The molecule has 0 saturated carbocycles. The Morgan fingerprint density at radius 3 is 2.95 bits per heavy atom. The topological polar surface area (TPSA) is 57.8 Å². The van der Waals surface area contributed by atoms with Crippen LogP contribution in [0, 0.1) is 12.7 Å². The molecule has 1 aromatic carbocycles. The molecule has 2 aromatic rings. The first-order chi connectivity index (χ1) is 9.56. The van der Waals surface area contributed by atoms with Crippen LogP contribution in [0.15, 0.2) is 24.3 Å². The van der Waals surface area contributed by atoms with Crippen LogP contribution in [0.2, 0.25) is 0 Å². The van der Waals surface area contributed by atoms with Gasteiger partial charge in [0.1, 0.15) is 5.82 Å². The van der Waals surface area contributed by atoms with E-state index in [4.69, 9.17) is 0 Å². The number of carbonyl (C=O) groups excluding carboxylic acids is 1. The fourth-order valence-corrected chi connectivity index (χ4v) is 3.64. The van der Waals surface area contributed by atoms with Crippen LogP contribution >= 0.6 is 11.8 Å². The van der Waals surface area contributed by atoms with E-state index in [1.807, 2.05) is 19.9 Å². The first kappa shape index (κ1) is 13.2. The predicted molar refractivity (Wildman–Crippen MR) is 77.3 cm³/mol. The Kier molecular flexibility index (Phi) is 3.25. The number of amides is 1. The standard InChI is InChI=1S/C14H14FN3OS/c1-7-11-12(9-4-3-5-10(15)6-9)20-8(2)14(19)16-13(11)18-17-7/h3-6,8,12H,1-2H3,(H2,16,17,18,19)/t8-,12-/m0/s1. The number of thioether (sulfide) groups is 1. The molecule has 0 spiro atoms. The van der Waals surface area contributed by atoms with Gasteiger partial charge in [0, 0.05) is 11.3 Å². The zero-order valence-corrected chi connectivity index (χ0v) is 11.9. The van der Waals surface area contributed by atoms with E-state index in [0.717, 1.165) is 16.8 Å². The summed E-state index contributed by atoms with van der Waals surface area (Å²) < 4.78 is 13.5. The lowest BCUT2D eigenvalue weighted by Crippen LogP contribution is -2.21. The van der Waals surface area contributed by atoms with E-state index < -0.39 is 0 Å². The molecule has 0 saturated heterocycles. The molecule has 4 nitrogen and oxygen atoms in total. The summed E-state index contributed by atoms with van der Waals surface area (Å²) >= 11 is 1.50. The second-order valence-corrected chi connectivity index (χ2v) is 6.26. The molecule has 2 N–H and O–H groups in total. The summed E-state index contributed by atoms with van der Waals surface area (Å²) in [4.78, 5) is 12.0. The van der Waals surface area contributed by atoms with Gasteiger partial charge >= 0.3 is 0 Å². The minimum absolute atomic E-state index is 0.0818. The molecule has 104 valence electrons. The fraction of sp³-hybridized carbons (Fsp3) is 0.286. The molecule has 20 heavy (non-hydrogen) atoms. The van der Waals surface area contributed by atoms with Crippen molar-refractivity contribution in [3.05, 3.63) is 46.9 Å². The van der Waals surface area contributed by atoms with Gasteiger partial charge in [-0.15, -0.1) is 11.8 Å². The Hall–Kier alpha value is -1.82. The number of anilines is 1. The van der Waals surface area contributed by atoms with E-state index in [2.05, 4.69) is 15.5 Å². The van der Waals surface area contributed by atoms with Gasteiger partial charge in [0.2, 0.25) is 5.91 Å². The third-order valence-corrected chi connectivity index (χ3v) is 4.76. The summed E-state index contributed by atoms with van der Waals surface area (Å²) in [6.07, 6.45) is 0. The van der Waals surface area contributed by atoms with Crippen molar-refractivity contribution in [2.45, 2.75) is 24.3 Å². The van der Waals surface area contributed by atoms with E-state index >= 15 is 0 Å². The average Bonchev–Trinajstić information content (AvgIpc) is 2.70. The van der Waals surface area contributed by atoms with Crippen LogP contribution in [0.4, 0.5) is 10.2 Å². The van der Waals surface area contributed by atoms with Gasteiger partial charge in [0.15, 0.2) is 5.82 Å². The van der Waals surface area contributed by atoms with E-state index in [1.54, 1.807) is 6.07 Å². The molecule has 2 atom stereocenters. The van der Waals surface area contributed by atoms with Crippen molar-refractivity contribution in [2.75, 3.05) is 5.32 Å². The molecule has 0 unspecified atom stereocenters. The predicted octanol–water partition coefficient (Wildman–Crippen LogP) is 3.02. The Labute approximate surface area is 120 Å². The summed E-state index contributed by atoms with van der Waals surface area (Å²) in [7, 11) is 0. The van der Waals surface area contributed by atoms with Crippen LogP contribution in [0.5, 0.6) is 0 Å². The third-order valence-electron chi connectivity index (χ3n) is 3.36. The molecular formula is C14H14FN3OS. The first-order valence-corrected chi connectivity index (χ1v) is 7.27. The number of halogens is 1. The normalized spacial score (nSPS) is 22.1. The van der Waals surface area contributed by atoms with Crippen molar-refractivity contribution in [3.63, 3.8) is 0 Å². The maximum atomic E-state index is 13.5. The summed E-state index contributed by atoms with van der Waals surface area (Å²) in [6, 6.07) is 6.49. The van der Waals surface area contributed by atoms with Crippen molar-refractivity contribution >= 4 is 23.5 Å². The lowest BCUT2D eigenvalue weighted by molar-refractivity contribution is -0.115. The summed E-state index contributed by atoms with van der Waals surface area (Å²) in [5.74, 6) is 0.183. The highest BCUT2D eigenvalue weighted by atomic mass is 32.2. The van der Waals surface area contributed by atoms with Crippen molar-refractivity contribution in [1.82, 2.24) is 10.2 Å². The summed E-state index contributed by atoms with van der Waals surface area (Å²) in [5.41, 5.74) is 2.64. The van der Waals surface area contributed by atoms with E-state index in [9.17, 15) is 9.18 Å². The van der Waals surface area contributed by atoms with Gasteiger partial charge < -0.3 is 5.32 Å². The summed E-state index contributed by atoms with van der Waals surface area (Å²) in [5, 5.41) is 9.49. The van der Waals surface area contributed by atoms with Crippen LogP contribution < -0.4 is 5.32 Å². The van der Waals surface area contributed by atoms with Crippen LogP contribution in [0.3, 0.4) is 0 Å². The highest BCUT2D eigenvalue weighted by Gasteiger charge is 2.32. The Balaban J connectivity index is 2.13. The number of H-pyrrole nitrogens is 1. The van der Waals surface area contributed by atoms with E-state index in [0.29, 0.717) is 5.82 Å². The fourth-order valence-electron chi connectivity index (χ4n) is 2.32. The quantitative estimate of drug-likeness (QED) is 0.849. The van der Waals surface area contributed by atoms with Crippen molar-refractivity contribution in [3.8, 4) is 0 Å². The van der Waals surface area contributed by atoms with Crippen LogP contribution in [-0.2, 0) is 4.79 Å². The lowest BCUT2D eigenvalue weighted by atomic mass is 10.0. The molecule has 0 fully saturated rings. The highest BCUT2D eigenvalue weighted by molar-refractivity contribution is 8.01. The molecule has 1 aromatic heterocycles. The highest BCUT2D eigenvalue weighted by Crippen LogP contribution is 2.44. The molecule has 1 amide bonds. The maximum absolute atomic E-state index is 13.5. The van der Waals surface area contributed by atoms with E-state index in [-0.39, 0.29) is 22.2 Å². The molecule has 2 heterocycles. The monoisotopic (exact) mass is 291 g/mol. The van der Waals surface area contributed by atoms with Crippen molar-refractivity contribution < 1.29 is 9.18 Å². The second kappa shape index (κ2) is 4.94. The number of benzene rings is 1. The number of aryl methyl sites for hydroxylation is 1. The molecule has 1 aliphatic rings. The number of fused-ring (bicyclic) bond motifs is 1. The average molecular weight is 291 g/mol. The number of aromatic nitrogens is 2. The minimum atomic E-state index is -0.276. The zero-order chi connectivity index (χ0) is 14.3. The molecule has 0 aliphatic carbocycles. The lowest BCUT2D eigenvalue weighted by Gasteiger charge is -2.17. The minimum Gasteiger partial charge on any atom is -0.308 e. The Morgan fingerprint density at radius 2 is 2.20 bits per heavy atom. The molecule has 3 rings (SSSR count). The summed E-state index contributed by atoms with van der Waals surface area (Å²) in [6.45, 7) is 3.75. The van der Waals surface area contributed by atoms with Gasteiger partial charge in [-0.1, -0.05) is 12.1 Å². The van der Waals surface area contributed by atoms with Gasteiger partial charge in [0.05, 0.1) is 10.5 Å². The molecule has 1 aliphatic heterocycles. The van der Waals surface area contributed by atoms with Crippen LogP contribution in [-0.4, -0.2) is 21.4 Å². The van der Waals surface area contributed by atoms with Crippen LogP contribution in [0.1, 0.15) is 29.0 Å². The number of rotatable bonds is 1. The van der Waals surface area contributed by atoms with Gasteiger partial charge in [0.25, 0.3) is 0 Å². The van der Waals surface area contributed by atoms with Crippen LogP contribution in [0.25, 0.3) is 0 Å². The van der Waals surface area contributed by atoms with E-state index in [1.165, 1.54) is 23.9 Å². The van der Waals surface area contributed by atoms with Gasteiger partial charge in [-0.3, -0.25) is 9.89 Å².